The molecule has 3 rings (SSSR count). The Balaban J connectivity index is 1.69. The Morgan fingerprint density at radius 3 is 2.36 bits per heavy atom. The number of allylic oxidation sites excluding steroid dienone is 1. The van der Waals surface area contributed by atoms with Crippen molar-refractivity contribution in [1.82, 2.24) is 10.6 Å². The number of aliphatic hydroxyl groups excluding tert-OH is 2. The van der Waals surface area contributed by atoms with Crippen molar-refractivity contribution in [3.8, 4) is 5.75 Å². The van der Waals surface area contributed by atoms with Crippen LogP contribution in [0.25, 0.3) is 0 Å². The molecule has 1 aromatic rings. The fourth-order valence-electron chi connectivity index (χ4n) is 5.20. The minimum absolute atomic E-state index is 0.0247. The summed E-state index contributed by atoms with van der Waals surface area (Å²) in [5.41, 5.74) is 1.52. The number of carbonyl (C=O) groups is 5. The zero-order valence-corrected chi connectivity index (χ0v) is 27.0. The minimum atomic E-state index is -1.80. The van der Waals surface area contributed by atoms with Crippen molar-refractivity contribution in [2.45, 2.75) is 96.3 Å². The van der Waals surface area contributed by atoms with E-state index in [1.54, 1.807) is 0 Å². The smallest absolute Gasteiger partial charge is 0.338 e. The van der Waals surface area contributed by atoms with Gasteiger partial charge in [-0.2, -0.15) is 0 Å². The van der Waals surface area contributed by atoms with Gasteiger partial charge in [0.05, 0.1) is 25.4 Å². The first-order valence-electron chi connectivity index (χ1n) is 15.4. The van der Waals surface area contributed by atoms with Crippen LogP contribution in [0.1, 0.15) is 68.8 Å². The van der Waals surface area contributed by atoms with Crippen LogP contribution in [-0.2, 0) is 49.5 Å². The van der Waals surface area contributed by atoms with E-state index in [9.17, 15) is 34.2 Å². The van der Waals surface area contributed by atoms with Gasteiger partial charge in [-0.05, 0) is 43.9 Å². The largest absolute Gasteiger partial charge is 0.467 e. The van der Waals surface area contributed by atoms with Crippen molar-refractivity contribution in [2.24, 2.45) is 0 Å². The second-order valence-electron chi connectivity index (χ2n) is 11.3. The highest BCUT2D eigenvalue weighted by Crippen LogP contribution is 2.31. The Kier molecular flexibility index (Phi) is 14.6. The first-order valence-corrected chi connectivity index (χ1v) is 15.4. The molecule has 1 heterocycles. The SMILES string of the molecule is COC(=O)[C@H]1O[C@@H](Oc2ccc(CO)cc2C(=O)NCCNC(=O)COC2/C=C(/C)CCCCC2)[C@H](OC(C)=O)[C@@H](OC(C)=O)[C@@H]1O. The second-order valence-corrected chi connectivity index (χ2v) is 11.3. The number of aliphatic hydroxyl groups is 2. The van der Waals surface area contributed by atoms with Gasteiger partial charge in [-0.25, -0.2) is 4.79 Å². The summed E-state index contributed by atoms with van der Waals surface area (Å²) in [5, 5.41) is 25.8. The first kappa shape index (κ1) is 37.4. The van der Waals surface area contributed by atoms with Crippen LogP contribution in [0.4, 0.5) is 0 Å². The van der Waals surface area contributed by atoms with Crippen LogP contribution in [-0.4, -0.2) is 104 Å². The zero-order chi connectivity index (χ0) is 34.5. The third-order valence-electron chi connectivity index (χ3n) is 7.46. The molecule has 1 aliphatic heterocycles. The summed E-state index contributed by atoms with van der Waals surface area (Å²) in [6.45, 7) is 3.76. The molecule has 0 bridgehead atoms. The maximum Gasteiger partial charge on any atom is 0.338 e. The maximum absolute atomic E-state index is 13.3. The van der Waals surface area contributed by atoms with Gasteiger partial charge in [0.1, 0.15) is 18.5 Å². The van der Waals surface area contributed by atoms with E-state index in [2.05, 4.69) is 23.6 Å². The topological polar surface area (TPSA) is 205 Å². The Morgan fingerprint density at radius 1 is 0.979 bits per heavy atom. The summed E-state index contributed by atoms with van der Waals surface area (Å²) in [6, 6.07) is 4.15. The van der Waals surface area contributed by atoms with E-state index >= 15 is 0 Å². The van der Waals surface area contributed by atoms with Gasteiger partial charge in [0.2, 0.25) is 18.3 Å². The molecular weight excluding hydrogens is 620 g/mol. The second kappa shape index (κ2) is 18.3. The van der Waals surface area contributed by atoms with E-state index < -0.39 is 61.1 Å². The van der Waals surface area contributed by atoms with Gasteiger partial charge in [0.15, 0.2) is 12.2 Å². The highest BCUT2D eigenvalue weighted by atomic mass is 16.7. The van der Waals surface area contributed by atoms with Crippen LogP contribution in [0.5, 0.6) is 5.75 Å². The van der Waals surface area contributed by atoms with Gasteiger partial charge >= 0.3 is 17.9 Å². The number of hydrogen-bond acceptors (Lipinski definition) is 13. The van der Waals surface area contributed by atoms with Gasteiger partial charge in [-0.1, -0.05) is 30.6 Å². The third kappa shape index (κ3) is 11.3. The van der Waals surface area contributed by atoms with Gasteiger partial charge in [-0.3, -0.25) is 19.2 Å². The molecule has 2 amide bonds. The number of hydrogen-bond donors (Lipinski definition) is 4. The summed E-state index contributed by atoms with van der Waals surface area (Å²) in [5.74, 6) is -3.84. The molecule has 1 unspecified atom stereocenters. The van der Waals surface area contributed by atoms with E-state index in [0.717, 1.165) is 53.1 Å². The molecule has 4 N–H and O–H groups in total. The molecule has 1 aromatic carbocycles. The van der Waals surface area contributed by atoms with Crippen molar-refractivity contribution in [3.63, 3.8) is 0 Å². The molecule has 0 saturated carbocycles. The molecule has 1 fully saturated rings. The van der Waals surface area contributed by atoms with E-state index in [0.29, 0.717) is 5.56 Å². The van der Waals surface area contributed by atoms with E-state index in [-0.39, 0.29) is 43.0 Å². The third-order valence-corrected chi connectivity index (χ3v) is 7.46. The predicted octanol–water partition coefficient (Wildman–Crippen LogP) is 0.822. The van der Waals surface area contributed by atoms with Crippen LogP contribution in [0.3, 0.4) is 0 Å². The molecule has 0 radical (unpaired) electrons. The highest BCUT2D eigenvalue weighted by Gasteiger charge is 2.53. The van der Waals surface area contributed by atoms with E-state index in [1.165, 1.54) is 23.8 Å². The molecule has 15 nitrogen and oxygen atoms in total. The van der Waals surface area contributed by atoms with Crippen LogP contribution < -0.4 is 15.4 Å². The van der Waals surface area contributed by atoms with Crippen LogP contribution in [0, 0.1) is 0 Å². The van der Waals surface area contributed by atoms with Crippen molar-refractivity contribution < 1.29 is 62.6 Å². The number of benzene rings is 1. The predicted molar refractivity (Wildman–Crippen MR) is 163 cm³/mol. The molecule has 0 aromatic heterocycles. The monoisotopic (exact) mass is 664 g/mol. The quantitative estimate of drug-likeness (QED) is 0.0999. The lowest BCUT2D eigenvalue weighted by Crippen LogP contribution is -2.63. The number of rotatable bonds is 13. The van der Waals surface area contributed by atoms with Crippen LogP contribution >= 0.6 is 0 Å². The fraction of sp³-hybridized carbons (Fsp3) is 0.594. The highest BCUT2D eigenvalue weighted by molar-refractivity contribution is 5.97. The molecule has 6 atom stereocenters. The molecule has 2 aliphatic rings. The molecule has 1 saturated heterocycles. The average Bonchev–Trinajstić information content (AvgIpc) is 3.02. The van der Waals surface area contributed by atoms with E-state index in [1.807, 2.05) is 0 Å². The van der Waals surface area contributed by atoms with Crippen LogP contribution in [0.15, 0.2) is 29.8 Å². The van der Waals surface area contributed by atoms with Gasteiger partial charge < -0.3 is 49.3 Å². The summed E-state index contributed by atoms with van der Waals surface area (Å²) in [6.07, 6.45) is -1.24. The zero-order valence-electron chi connectivity index (χ0n) is 27.0. The van der Waals surface area contributed by atoms with Crippen LogP contribution in [0.2, 0.25) is 0 Å². The Hall–Kier alpha value is -4.05. The number of amides is 2. The number of esters is 3. The fourth-order valence-corrected chi connectivity index (χ4v) is 5.20. The number of nitrogens with one attached hydrogen (secondary N) is 2. The number of carbonyl (C=O) groups excluding carboxylic acids is 5. The average molecular weight is 665 g/mol. The standard InChI is InChI=1S/C32H44N2O13/c1-18-8-6-5-7-9-22(14-18)43-17-25(38)33-12-13-34-30(40)23-15-21(16-35)10-11-24(23)46-32-29(45-20(3)37)27(44-19(2)36)26(39)28(47-32)31(41)42-4/h10-11,14-15,22,26-29,32,35,39H,5-9,12-13,16-17H2,1-4H3,(H,33,38)(H,34,40)/b18-14-/t22?,26-,27-,28-,29+,32+/m0/s1. The van der Waals surface area contributed by atoms with E-state index in [4.69, 9.17) is 28.4 Å². The lowest BCUT2D eigenvalue weighted by atomic mass is 9.98. The molecule has 0 spiro atoms. The lowest BCUT2D eigenvalue weighted by Gasteiger charge is -2.42. The summed E-state index contributed by atoms with van der Waals surface area (Å²) < 4.78 is 32.5. The molecule has 1 aliphatic carbocycles. The van der Waals surface area contributed by atoms with Crippen molar-refractivity contribution >= 4 is 29.7 Å². The Morgan fingerprint density at radius 2 is 1.68 bits per heavy atom. The Bertz CT molecular complexity index is 1300. The maximum atomic E-state index is 13.3. The summed E-state index contributed by atoms with van der Waals surface area (Å²) in [7, 11) is 1.05. The van der Waals surface area contributed by atoms with Gasteiger partial charge in [0.25, 0.3) is 5.91 Å². The van der Waals surface area contributed by atoms with Gasteiger partial charge in [-0.15, -0.1) is 0 Å². The van der Waals surface area contributed by atoms with Crippen molar-refractivity contribution in [2.75, 3.05) is 26.8 Å². The summed E-state index contributed by atoms with van der Waals surface area (Å²) in [4.78, 5) is 61.8. The normalized spacial score (nSPS) is 25.5. The lowest BCUT2D eigenvalue weighted by molar-refractivity contribution is -0.279. The molecule has 260 valence electrons. The Labute approximate surface area is 272 Å². The van der Waals surface area contributed by atoms with Gasteiger partial charge in [0, 0.05) is 26.9 Å². The summed E-state index contributed by atoms with van der Waals surface area (Å²) >= 11 is 0. The minimum Gasteiger partial charge on any atom is -0.467 e. The molecule has 15 heteroatoms. The first-order chi connectivity index (χ1) is 22.4. The number of methoxy groups -OCH3 is 1. The molecule has 47 heavy (non-hydrogen) atoms. The van der Waals surface area contributed by atoms with Crippen molar-refractivity contribution in [3.05, 3.63) is 41.0 Å². The van der Waals surface area contributed by atoms with Crippen molar-refractivity contribution in [1.29, 1.82) is 0 Å². The number of ether oxygens (including phenoxy) is 6. The molecular formula is C32H44N2O13.